The first kappa shape index (κ1) is 19.7. The predicted molar refractivity (Wildman–Crippen MR) is 98.5 cm³/mol. The first-order valence-corrected chi connectivity index (χ1v) is 10.3. The molecule has 0 spiro atoms. The highest BCUT2D eigenvalue weighted by Gasteiger charge is 2.14. The lowest BCUT2D eigenvalue weighted by Crippen LogP contribution is -2.06. The van der Waals surface area contributed by atoms with Crippen molar-refractivity contribution in [3.05, 3.63) is 70.9 Å². The number of benzene rings is 2. The molecule has 0 radical (unpaired) electrons. The van der Waals surface area contributed by atoms with Crippen LogP contribution in [-0.4, -0.2) is 30.8 Å². The Morgan fingerprint density at radius 3 is 2.54 bits per heavy atom. The Balaban J connectivity index is 1.62. The average molecular weight is 404 g/mol. The third kappa shape index (κ3) is 5.01. The molecule has 0 aliphatic heterocycles. The lowest BCUT2D eigenvalue weighted by molar-refractivity contribution is 0.0430. The Kier molecular flexibility index (Phi) is 5.55. The lowest BCUT2D eigenvalue weighted by Gasteiger charge is -2.03. The topological polar surface area (TPSA) is 99.4 Å². The molecule has 0 aliphatic carbocycles. The molecule has 9 heteroatoms. The van der Waals surface area contributed by atoms with E-state index in [0.717, 1.165) is 6.26 Å². The minimum Gasteiger partial charge on any atom is -0.452 e. The van der Waals surface area contributed by atoms with Gasteiger partial charge in [0.1, 0.15) is 5.82 Å². The van der Waals surface area contributed by atoms with Crippen molar-refractivity contribution in [2.24, 2.45) is 0 Å². The fraction of sp³-hybridized carbons (Fsp3) is 0.211. The van der Waals surface area contributed by atoms with Gasteiger partial charge < -0.3 is 9.26 Å². The molecular formula is C19H17FN2O5S. The van der Waals surface area contributed by atoms with Gasteiger partial charge in [-0.3, -0.25) is 0 Å². The Hall–Kier alpha value is -3.07. The molecule has 7 nitrogen and oxygen atoms in total. The molecule has 3 aromatic rings. The zero-order chi connectivity index (χ0) is 20.3. The van der Waals surface area contributed by atoms with E-state index in [-0.39, 0.29) is 35.5 Å². The minimum atomic E-state index is -3.15. The van der Waals surface area contributed by atoms with Crippen LogP contribution < -0.4 is 0 Å². The second-order valence-electron chi connectivity index (χ2n) is 6.32. The SMILES string of the molecule is Cc1ccc(-c2noc(COC(=O)c3ccc(CS(C)(=O)=O)cc3)n2)cc1F. The van der Waals surface area contributed by atoms with Gasteiger partial charge >= 0.3 is 5.97 Å². The van der Waals surface area contributed by atoms with E-state index in [2.05, 4.69) is 10.1 Å². The molecule has 0 unspecified atom stereocenters. The van der Waals surface area contributed by atoms with Gasteiger partial charge in [-0.1, -0.05) is 29.4 Å². The summed E-state index contributed by atoms with van der Waals surface area (Å²) in [5, 5.41) is 3.75. The number of hydrogen-bond acceptors (Lipinski definition) is 7. The monoisotopic (exact) mass is 404 g/mol. The van der Waals surface area contributed by atoms with Crippen molar-refractivity contribution in [2.75, 3.05) is 6.26 Å². The van der Waals surface area contributed by atoms with Gasteiger partial charge in [0.25, 0.3) is 5.89 Å². The highest BCUT2D eigenvalue weighted by atomic mass is 32.2. The van der Waals surface area contributed by atoms with E-state index in [0.29, 0.717) is 16.7 Å². The molecule has 28 heavy (non-hydrogen) atoms. The minimum absolute atomic E-state index is 0.0676. The number of rotatable bonds is 6. The molecule has 0 fully saturated rings. The highest BCUT2D eigenvalue weighted by molar-refractivity contribution is 7.89. The normalized spacial score (nSPS) is 11.4. The van der Waals surface area contributed by atoms with Crippen molar-refractivity contribution >= 4 is 15.8 Å². The molecule has 146 valence electrons. The van der Waals surface area contributed by atoms with Crippen LogP contribution in [0.4, 0.5) is 4.39 Å². The van der Waals surface area contributed by atoms with Gasteiger partial charge in [0, 0.05) is 11.8 Å². The van der Waals surface area contributed by atoms with Crippen LogP contribution in [0.25, 0.3) is 11.4 Å². The highest BCUT2D eigenvalue weighted by Crippen LogP contribution is 2.19. The lowest BCUT2D eigenvalue weighted by atomic mass is 10.1. The van der Waals surface area contributed by atoms with Crippen LogP contribution in [0.15, 0.2) is 47.0 Å². The summed E-state index contributed by atoms with van der Waals surface area (Å²) >= 11 is 0. The number of carbonyl (C=O) groups is 1. The third-order valence-electron chi connectivity index (χ3n) is 3.84. The van der Waals surface area contributed by atoms with Crippen molar-refractivity contribution in [2.45, 2.75) is 19.3 Å². The second-order valence-corrected chi connectivity index (χ2v) is 8.46. The molecule has 1 heterocycles. The van der Waals surface area contributed by atoms with Crippen LogP contribution in [0.1, 0.15) is 27.4 Å². The summed E-state index contributed by atoms with van der Waals surface area (Å²) in [6, 6.07) is 10.6. The standard InChI is InChI=1S/C19H17FN2O5S/c1-12-3-6-15(9-16(12)20)18-21-17(27-22-18)10-26-19(23)14-7-4-13(5-8-14)11-28(2,24)25/h3-9H,10-11H2,1-2H3. The van der Waals surface area contributed by atoms with Gasteiger partial charge in [0.05, 0.1) is 11.3 Å². The Morgan fingerprint density at radius 2 is 1.89 bits per heavy atom. The van der Waals surface area contributed by atoms with Crippen molar-refractivity contribution in [1.82, 2.24) is 10.1 Å². The summed E-state index contributed by atoms with van der Waals surface area (Å²) in [6.45, 7) is 1.40. The summed E-state index contributed by atoms with van der Waals surface area (Å²) < 4.78 is 46.4. The molecule has 2 aromatic carbocycles. The quantitative estimate of drug-likeness (QED) is 0.582. The van der Waals surface area contributed by atoms with Gasteiger partial charge in [-0.05, 0) is 36.2 Å². The molecule has 0 atom stereocenters. The van der Waals surface area contributed by atoms with Gasteiger partial charge in [-0.25, -0.2) is 17.6 Å². The van der Waals surface area contributed by atoms with Crippen molar-refractivity contribution in [3.63, 3.8) is 0 Å². The van der Waals surface area contributed by atoms with Crippen molar-refractivity contribution in [1.29, 1.82) is 0 Å². The van der Waals surface area contributed by atoms with Crippen LogP contribution >= 0.6 is 0 Å². The van der Waals surface area contributed by atoms with Gasteiger partial charge in [-0.15, -0.1) is 0 Å². The number of aromatic nitrogens is 2. The van der Waals surface area contributed by atoms with E-state index in [9.17, 15) is 17.6 Å². The zero-order valence-electron chi connectivity index (χ0n) is 15.2. The van der Waals surface area contributed by atoms with Crippen LogP contribution in [0.3, 0.4) is 0 Å². The maximum Gasteiger partial charge on any atom is 0.338 e. The zero-order valence-corrected chi connectivity index (χ0v) is 16.0. The van der Waals surface area contributed by atoms with Crippen LogP contribution in [0.2, 0.25) is 0 Å². The number of esters is 1. The summed E-state index contributed by atoms with van der Waals surface area (Å²) in [6.07, 6.45) is 1.14. The largest absolute Gasteiger partial charge is 0.452 e. The summed E-state index contributed by atoms with van der Waals surface area (Å²) in [4.78, 5) is 16.2. The number of nitrogens with zero attached hydrogens (tertiary/aromatic N) is 2. The smallest absolute Gasteiger partial charge is 0.338 e. The fourth-order valence-electron chi connectivity index (χ4n) is 2.41. The Morgan fingerprint density at radius 1 is 1.18 bits per heavy atom. The maximum atomic E-state index is 13.6. The van der Waals surface area contributed by atoms with E-state index in [4.69, 9.17) is 9.26 Å². The summed E-state index contributed by atoms with van der Waals surface area (Å²) in [5.41, 5.74) is 1.79. The van der Waals surface area contributed by atoms with E-state index >= 15 is 0 Å². The van der Waals surface area contributed by atoms with E-state index in [1.807, 2.05) is 0 Å². The number of ether oxygens (including phenoxy) is 1. The van der Waals surface area contributed by atoms with Crippen LogP contribution in [0, 0.1) is 12.7 Å². The summed E-state index contributed by atoms with van der Waals surface area (Å²) in [7, 11) is -3.15. The fourth-order valence-corrected chi connectivity index (χ4v) is 3.21. The molecular weight excluding hydrogens is 387 g/mol. The first-order chi connectivity index (χ1) is 13.2. The molecule has 0 bridgehead atoms. The summed E-state index contributed by atoms with van der Waals surface area (Å²) in [5.74, 6) is -0.845. The third-order valence-corrected chi connectivity index (χ3v) is 4.70. The van der Waals surface area contributed by atoms with Crippen LogP contribution in [-0.2, 0) is 26.9 Å². The number of hydrogen-bond donors (Lipinski definition) is 0. The Labute approximate surface area is 161 Å². The number of carbonyl (C=O) groups excluding carboxylic acids is 1. The molecule has 0 N–H and O–H groups in total. The molecule has 0 amide bonds. The first-order valence-electron chi connectivity index (χ1n) is 8.24. The second kappa shape index (κ2) is 7.89. The molecule has 0 aliphatic rings. The van der Waals surface area contributed by atoms with Gasteiger partial charge in [0.15, 0.2) is 16.4 Å². The van der Waals surface area contributed by atoms with Crippen molar-refractivity contribution in [3.8, 4) is 11.4 Å². The van der Waals surface area contributed by atoms with E-state index < -0.39 is 15.8 Å². The maximum absolute atomic E-state index is 13.6. The van der Waals surface area contributed by atoms with Crippen LogP contribution in [0.5, 0.6) is 0 Å². The van der Waals surface area contributed by atoms with E-state index in [1.165, 1.54) is 18.2 Å². The van der Waals surface area contributed by atoms with Gasteiger partial charge in [-0.2, -0.15) is 4.98 Å². The molecule has 1 aromatic heterocycles. The van der Waals surface area contributed by atoms with E-state index in [1.54, 1.807) is 31.2 Å². The molecule has 0 saturated heterocycles. The molecule has 0 saturated carbocycles. The van der Waals surface area contributed by atoms with Crippen molar-refractivity contribution < 1.29 is 26.9 Å². The number of sulfone groups is 1. The number of halogens is 1. The number of aryl methyl sites for hydroxylation is 1. The predicted octanol–water partition coefficient (Wildman–Crippen LogP) is 3.09. The Bertz CT molecular complexity index is 1110. The van der Waals surface area contributed by atoms with Gasteiger partial charge in [0.2, 0.25) is 5.82 Å². The average Bonchev–Trinajstić information content (AvgIpc) is 3.10. The molecule has 3 rings (SSSR count).